The van der Waals surface area contributed by atoms with E-state index >= 15 is 0 Å². The maximum Gasteiger partial charge on any atom is 0.337 e. The molecule has 0 aromatic heterocycles. The Bertz CT molecular complexity index is 379. The molecule has 0 fully saturated rings. The summed E-state index contributed by atoms with van der Waals surface area (Å²) in [5, 5.41) is 0.520. The number of benzene rings is 1. The second kappa shape index (κ2) is 5.80. The van der Waals surface area contributed by atoms with Gasteiger partial charge in [0, 0.05) is 15.8 Å². The summed E-state index contributed by atoms with van der Waals surface area (Å²) in [4.78, 5) is 12.3. The van der Waals surface area contributed by atoms with Gasteiger partial charge >= 0.3 is 5.97 Å². The van der Waals surface area contributed by atoms with Crippen LogP contribution in [0.3, 0.4) is 0 Å². The second-order valence-electron chi connectivity index (χ2n) is 3.58. The van der Waals surface area contributed by atoms with Gasteiger partial charge in [0.15, 0.2) is 0 Å². The Kier molecular flexibility index (Phi) is 4.68. The van der Waals surface area contributed by atoms with Crippen molar-refractivity contribution < 1.29 is 9.53 Å². The topological polar surface area (TPSA) is 52.3 Å². The van der Waals surface area contributed by atoms with Gasteiger partial charge in [0.25, 0.3) is 0 Å². The highest BCUT2D eigenvalue weighted by Crippen LogP contribution is 2.30. The Balaban J connectivity index is 2.87. The molecule has 0 aliphatic rings. The zero-order valence-electron chi connectivity index (χ0n) is 9.82. The van der Waals surface area contributed by atoms with Crippen LogP contribution in [0.25, 0.3) is 0 Å². The molecule has 0 aliphatic carbocycles. The van der Waals surface area contributed by atoms with Crippen LogP contribution in [0.15, 0.2) is 23.1 Å². The highest BCUT2D eigenvalue weighted by molar-refractivity contribution is 8.00. The van der Waals surface area contributed by atoms with Crippen LogP contribution in [0.2, 0.25) is 0 Å². The summed E-state index contributed by atoms with van der Waals surface area (Å²) in [5.74, 6) is -0.355. The van der Waals surface area contributed by atoms with Gasteiger partial charge in [-0.1, -0.05) is 13.8 Å². The number of carbonyl (C=O) groups excluding carboxylic acids is 1. The molecular weight excluding hydrogens is 222 g/mol. The van der Waals surface area contributed by atoms with Crippen LogP contribution in [0, 0.1) is 0 Å². The third-order valence-electron chi connectivity index (χ3n) is 2.33. The Morgan fingerprint density at radius 1 is 1.56 bits per heavy atom. The highest BCUT2D eigenvalue weighted by atomic mass is 32.2. The van der Waals surface area contributed by atoms with E-state index in [1.54, 1.807) is 23.9 Å². The van der Waals surface area contributed by atoms with Gasteiger partial charge in [0.1, 0.15) is 0 Å². The van der Waals surface area contributed by atoms with Gasteiger partial charge in [-0.25, -0.2) is 4.79 Å². The normalized spacial score (nSPS) is 12.2. The molecule has 1 aromatic carbocycles. The molecule has 0 saturated carbocycles. The molecule has 2 N–H and O–H groups in total. The number of carbonyl (C=O) groups is 1. The fourth-order valence-electron chi connectivity index (χ4n) is 1.20. The van der Waals surface area contributed by atoms with Crippen molar-refractivity contribution in [3.63, 3.8) is 0 Å². The van der Waals surface area contributed by atoms with E-state index in [9.17, 15) is 4.79 Å². The van der Waals surface area contributed by atoms with Crippen LogP contribution in [0.4, 0.5) is 5.69 Å². The molecule has 1 aromatic rings. The molecule has 1 rings (SSSR count). The van der Waals surface area contributed by atoms with Crippen molar-refractivity contribution in [3.05, 3.63) is 23.8 Å². The zero-order valence-corrected chi connectivity index (χ0v) is 10.6. The van der Waals surface area contributed by atoms with Gasteiger partial charge < -0.3 is 10.5 Å². The maximum atomic E-state index is 11.3. The van der Waals surface area contributed by atoms with Crippen molar-refractivity contribution in [3.8, 4) is 0 Å². The van der Waals surface area contributed by atoms with Gasteiger partial charge in [0.2, 0.25) is 0 Å². The van der Waals surface area contributed by atoms with Gasteiger partial charge in [0.05, 0.1) is 12.7 Å². The Labute approximate surface area is 100 Å². The average Bonchev–Trinajstić information content (AvgIpc) is 2.30. The predicted molar refractivity (Wildman–Crippen MR) is 67.8 cm³/mol. The second-order valence-corrected chi connectivity index (χ2v) is 5.06. The molecule has 88 valence electrons. The van der Waals surface area contributed by atoms with Crippen LogP contribution in [-0.4, -0.2) is 18.3 Å². The van der Waals surface area contributed by atoms with E-state index in [2.05, 4.69) is 18.6 Å². The molecule has 0 amide bonds. The first kappa shape index (κ1) is 12.9. The fraction of sp³-hybridized carbons (Fsp3) is 0.417. The third-order valence-corrected chi connectivity index (χ3v) is 3.70. The lowest BCUT2D eigenvalue weighted by molar-refractivity contribution is 0.0600. The lowest BCUT2D eigenvalue weighted by Gasteiger charge is -2.11. The van der Waals surface area contributed by atoms with E-state index in [0.29, 0.717) is 16.5 Å². The van der Waals surface area contributed by atoms with Gasteiger partial charge in [-0.3, -0.25) is 0 Å². The number of thioether (sulfide) groups is 1. The minimum Gasteiger partial charge on any atom is -0.465 e. The Morgan fingerprint density at radius 3 is 2.75 bits per heavy atom. The minimum absolute atomic E-state index is 0.355. The third kappa shape index (κ3) is 3.17. The number of nitrogens with two attached hydrogens (primary N) is 1. The number of ether oxygens (including phenoxy) is 1. The number of hydrogen-bond acceptors (Lipinski definition) is 4. The van der Waals surface area contributed by atoms with E-state index in [1.165, 1.54) is 7.11 Å². The number of esters is 1. The quantitative estimate of drug-likeness (QED) is 0.498. The summed E-state index contributed by atoms with van der Waals surface area (Å²) < 4.78 is 4.63. The number of anilines is 1. The standard InChI is InChI=1S/C12H17NO2S/c1-4-8(2)16-11-6-5-9(7-10(11)13)12(14)15-3/h5-8H,4,13H2,1-3H3. The molecule has 16 heavy (non-hydrogen) atoms. The summed E-state index contributed by atoms with van der Waals surface area (Å²) in [6, 6.07) is 5.28. The van der Waals surface area contributed by atoms with Crippen molar-refractivity contribution in [2.24, 2.45) is 0 Å². The summed E-state index contributed by atoms with van der Waals surface area (Å²) in [6.45, 7) is 4.29. The van der Waals surface area contributed by atoms with Crippen LogP contribution >= 0.6 is 11.8 Å². The van der Waals surface area contributed by atoms with Crippen LogP contribution in [-0.2, 0) is 4.74 Å². The summed E-state index contributed by atoms with van der Waals surface area (Å²) in [5.41, 5.74) is 7.01. The van der Waals surface area contributed by atoms with Crippen LogP contribution in [0.5, 0.6) is 0 Å². The molecule has 0 bridgehead atoms. The molecule has 4 heteroatoms. The first-order chi connectivity index (χ1) is 7.58. The number of nitrogen functional groups attached to an aromatic ring is 1. The maximum absolute atomic E-state index is 11.3. The lowest BCUT2D eigenvalue weighted by Crippen LogP contribution is -2.03. The average molecular weight is 239 g/mol. The molecule has 0 radical (unpaired) electrons. The Hall–Kier alpha value is -1.16. The Morgan fingerprint density at radius 2 is 2.25 bits per heavy atom. The molecule has 0 spiro atoms. The van der Waals surface area contributed by atoms with Gasteiger partial charge in [-0.15, -0.1) is 11.8 Å². The molecule has 1 unspecified atom stereocenters. The smallest absolute Gasteiger partial charge is 0.337 e. The molecule has 0 heterocycles. The zero-order chi connectivity index (χ0) is 12.1. The van der Waals surface area contributed by atoms with Crippen molar-refractivity contribution in [1.29, 1.82) is 0 Å². The molecule has 0 aliphatic heterocycles. The van der Waals surface area contributed by atoms with Crippen LogP contribution in [0.1, 0.15) is 30.6 Å². The van der Waals surface area contributed by atoms with Gasteiger partial charge in [-0.05, 0) is 24.6 Å². The van der Waals surface area contributed by atoms with Crippen molar-refractivity contribution >= 4 is 23.4 Å². The minimum atomic E-state index is -0.355. The van der Waals surface area contributed by atoms with Crippen LogP contribution < -0.4 is 5.73 Å². The number of methoxy groups -OCH3 is 1. The number of hydrogen-bond donors (Lipinski definition) is 1. The highest BCUT2D eigenvalue weighted by Gasteiger charge is 2.10. The van der Waals surface area contributed by atoms with Gasteiger partial charge in [-0.2, -0.15) is 0 Å². The fourth-order valence-corrected chi connectivity index (χ4v) is 2.14. The van der Waals surface area contributed by atoms with E-state index in [1.807, 2.05) is 6.07 Å². The largest absolute Gasteiger partial charge is 0.465 e. The predicted octanol–water partition coefficient (Wildman–Crippen LogP) is 2.95. The van der Waals surface area contributed by atoms with E-state index in [0.717, 1.165) is 11.3 Å². The monoisotopic (exact) mass is 239 g/mol. The summed E-state index contributed by atoms with van der Waals surface area (Å²) in [7, 11) is 1.36. The van der Waals surface area contributed by atoms with E-state index < -0.39 is 0 Å². The molecule has 3 nitrogen and oxygen atoms in total. The first-order valence-corrected chi connectivity index (χ1v) is 6.11. The molecule has 1 atom stereocenters. The van der Waals surface area contributed by atoms with Crippen molar-refractivity contribution in [2.75, 3.05) is 12.8 Å². The summed E-state index contributed by atoms with van der Waals surface area (Å²) >= 11 is 1.72. The van der Waals surface area contributed by atoms with E-state index in [4.69, 9.17) is 5.73 Å². The molecular formula is C12H17NO2S. The lowest BCUT2D eigenvalue weighted by atomic mass is 10.2. The van der Waals surface area contributed by atoms with Crippen molar-refractivity contribution in [2.45, 2.75) is 30.4 Å². The first-order valence-electron chi connectivity index (χ1n) is 5.23. The number of rotatable bonds is 4. The van der Waals surface area contributed by atoms with Crippen molar-refractivity contribution in [1.82, 2.24) is 0 Å². The molecule has 0 saturated heterocycles. The SMILES string of the molecule is CCC(C)Sc1ccc(C(=O)OC)cc1N. The van der Waals surface area contributed by atoms with E-state index in [-0.39, 0.29) is 5.97 Å². The summed E-state index contributed by atoms with van der Waals surface area (Å²) in [6.07, 6.45) is 1.09.